The van der Waals surface area contributed by atoms with Crippen LogP contribution in [0, 0.1) is 6.92 Å². The molecular weight excluding hydrogens is 446 g/mol. The van der Waals surface area contributed by atoms with Gasteiger partial charge in [-0.1, -0.05) is 59.9 Å². The monoisotopic (exact) mass is 469 g/mol. The van der Waals surface area contributed by atoms with Crippen molar-refractivity contribution in [1.29, 1.82) is 0 Å². The van der Waals surface area contributed by atoms with E-state index in [1.807, 2.05) is 87.8 Å². The average Bonchev–Trinajstić information content (AvgIpc) is 3.37. The molecule has 1 N–H and O–H groups in total. The fourth-order valence-corrected chi connectivity index (χ4v) is 5.18. The molecule has 0 radical (unpaired) electrons. The van der Waals surface area contributed by atoms with Gasteiger partial charge in [0.15, 0.2) is 4.80 Å². The summed E-state index contributed by atoms with van der Waals surface area (Å²) >= 11 is 1.31. The molecule has 34 heavy (non-hydrogen) atoms. The van der Waals surface area contributed by atoms with Gasteiger partial charge in [-0.05, 0) is 37.1 Å². The molecule has 2 aromatic heterocycles. The molecule has 2 aromatic carbocycles. The largest absolute Gasteiger partial charge is 0.322 e. The second-order valence-electron chi connectivity index (χ2n) is 8.21. The number of allylic oxidation sites excluding steroid dienone is 1. The predicted molar refractivity (Wildman–Crippen MR) is 133 cm³/mol. The molecule has 0 saturated carbocycles. The normalized spacial score (nSPS) is 15.7. The first kappa shape index (κ1) is 21.8. The van der Waals surface area contributed by atoms with Gasteiger partial charge in [-0.3, -0.25) is 18.8 Å². The van der Waals surface area contributed by atoms with Gasteiger partial charge in [0.2, 0.25) is 0 Å². The third kappa shape index (κ3) is 3.92. The Morgan fingerprint density at radius 3 is 2.53 bits per heavy atom. The van der Waals surface area contributed by atoms with E-state index in [-0.39, 0.29) is 11.5 Å². The molecule has 1 aliphatic heterocycles. The molecule has 7 nitrogen and oxygen atoms in total. The van der Waals surface area contributed by atoms with Crippen molar-refractivity contribution in [2.24, 2.45) is 12.0 Å². The molecule has 5 rings (SSSR count). The first-order valence-corrected chi connectivity index (χ1v) is 11.7. The number of carbonyl (C=O) groups is 1. The van der Waals surface area contributed by atoms with E-state index >= 15 is 0 Å². The Morgan fingerprint density at radius 2 is 1.82 bits per heavy atom. The smallest absolute Gasteiger partial charge is 0.271 e. The number of aryl methyl sites for hydroxylation is 2. The highest BCUT2D eigenvalue weighted by atomic mass is 32.1. The van der Waals surface area contributed by atoms with Gasteiger partial charge in [0, 0.05) is 24.5 Å². The maximum absolute atomic E-state index is 13.6. The number of benzene rings is 2. The minimum atomic E-state index is -0.586. The molecule has 3 heterocycles. The van der Waals surface area contributed by atoms with Crippen molar-refractivity contribution >= 4 is 29.0 Å². The zero-order valence-electron chi connectivity index (χ0n) is 19.0. The number of aromatic nitrogens is 3. The summed E-state index contributed by atoms with van der Waals surface area (Å²) in [6.07, 6.45) is 5.36. The number of thiazole rings is 1. The molecule has 170 valence electrons. The molecule has 0 bridgehead atoms. The summed E-state index contributed by atoms with van der Waals surface area (Å²) in [5.41, 5.74) is 4.23. The maximum Gasteiger partial charge on any atom is 0.271 e. The van der Waals surface area contributed by atoms with Gasteiger partial charge in [-0.15, -0.1) is 0 Å². The van der Waals surface area contributed by atoms with Crippen LogP contribution in [0.1, 0.15) is 29.7 Å². The van der Waals surface area contributed by atoms with E-state index in [1.165, 1.54) is 11.3 Å². The van der Waals surface area contributed by atoms with E-state index in [0.29, 0.717) is 20.6 Å². The van der Waals surface area contributed by atoms with Gasteiger partial charge in [0.05, 0.1) is 28.0 Å². The van der Waals surface area contributed by atoms with E-state index in [2.05, 4.69) is 15.4 Å². The summed E-state index contributed by atoms with van der Waals surface area (Å²) in [5.74, 6) is -0.272. The Hall–Kier alpha value is -4.04. The van der Waals surface area contributed by atoms with Crippen molar-refractivity contribution in [3.8, 4) is 0 Å². The lowest BCUT2D eigenvalue weighted by Gasteiger charge is -2.25. The SMILES string of the molecule is CC1=C(C(=O)Nc2ccccc2C)C(c2ccccc2)n2c(s/c(=C/c3cnn(C)c3)c2=O)=N1. The molecule has 1 amide bonds. The lowest BCUT2D eigenvalue weighted by Crippen LogP contribution is -2.40. The number of nitrogens with one attached hydrogen (secondary N) is 1. The van der Waals surface area contributed by atoms with Gasteiger partial charge >= 0.3 is 0 Å². The number of amides is 1. The number of hydrogen-bond donors (Lipinski definition) is 1. The molecule has 0 spiro atoms. The topological polar surface area (TPSA) is 81.3 Å². The first-order chi connectivity index (χ1) is 16.4. The molecule has 4 aromatic rings. The number of rotatable bonds is 4. The minimum Gasteiger partial charge on any atom is -0.322 e. The van der Waals surface area contributed by atoms with Crippen LogP contribution in [-0.2, 0) is 11.8 Å². The third-order valence-electron chi connectivity index (χ3n) is 5.80. The van der Waals surface area contributed by atoms with Gasteiger partial charge in [-0.2, -0.15) is 5.10 Å². The quantitative estimate of drug-likeness (QED) is 0.499. The van der Waals surface area contributed by atoms with E-state index in [0.717, 1.165) is 22.4 Å². The standard InChI is InChI=1S/C26H23N5O2S/c1-16-9-7-8-12-20(16)29-24(32)22-17(2)28-26-31(23(22)19-10-5-4-6-11-19)25(33)21(34-26)13-18-14-27-30(3)15-18/h4-15,23H,1-3H3,(H,29,32)/b21-13+. The Bertz CT molecular complexity index is 1610. The average molecular weight is 470 g/mol. The first-order valence-electron chi connectivity index (χ1n) is 10.9. The molecule has 0 fully saturated rings. The summed E-state index contributed by atoms with van der Waals surface area (Å²) in [6.45, 7) is 3.76. The number of nitrogens with zero attached hydrogens (tertiary/aromatic N) is 4. The number of fused-ring (bicyclic) bond motifs is 1. The second kappa shape index (κ2) is 8.72. The summed E-state index contributed by atoms with van der Waals surface area (Å²) in [6, 6.07) is 16.6. The van der Waals surface area contributed by atoms with Crippen molar-refractivity contribution < 1.29 is 4.79 Å². The van der Waals surface area contributed by atoms with Crippen LogP contribution in [0.2, 0.25) is 0 Å². The van der Waals surface area contributed by atoms with E-state index in [1.54, 1.807) is 15.4 Å². The number of para-hydroxylation sites is 1. The van der Waals surface area contributed by atoms with E-state index in [4.69, 9.17) is 0 Å². The van der Waals surface area contributed by atoms with Crippen molar-refractivity contribution in [2.75, 3.05) is 5.32 Å². The van der Waals surface area contributed by atoms with Gasteiger partial charge < -0.3 is 5.32 Å². The molecule has 0 aliphatic carbocycles. The van der Waals surface area contributed by atoms with Crippen LogP contribution in [0.4, 0.5) is 5.69 Å². The number of carbonyl (C=O) groups excluding carboxylic acids is 1. The molecule has 1 unspecified atom stereocenters. The van der Waals surface area contributed by atoms with Crippen LogP contribution >= 0.6 is 11.3 Å². The summed E-state index contributed by atoms with van der Waals surface area (Å²) < 4.78 is 3.86. The third-order valence-corrected chi connectivity index (χ3v) is 6.78. The van der Waals surface area contributed by atoms with Crippen molar-refractivity contribution in [3.63, 3.8) is 0 Å². The van der Waals surface area contributed by atoms with Crippen LogP contribution in [0.3, 0.4) is 0 Å². The summed E-state index contributed by atoms with van der Waals surface area (Å²) in [4.78, 5) is 32.4. The van der Waals surface area contributed by atoms with Gasteiger partial charge in [0.25, 0.3) is 11.5 Å². The zero-order chi connectivity index (χ0) is 23.8. The van der Waals surface area contributed by atoms with Crippen LogP contribution in [0.5, 0.6) is 0 Å². The lowest BCUT2D eigenvalue weighted by molar-refractivity contribution is -0.113. The maximum atomic E-state index is 13.6. The fraction of sp³-hybridized carbons (Fsp3) is 0.154. The zero-order valence-corrected chi connectivity index (χ0v) is 19.8. The molecular formula is C26H23N5O2S. The fourth-order valence-electron chi connectivity index (χ4n) is 4.13. The van der Waals surface area contributed by atoms with Crippen LogP contribution in [0.25, 0.3) is 6.08 Å². The molecule has 1 aliphatic rings. The lowest BCUT2D eigenvalue weighted by atomic mass is 9.95. The van der Waals surface area contributed by atoms with E-state index in [9.17, 15) is 9.59 Å². The minimum absolute atomic E-state index is 0.185. The van der Waals surface area contributed by atoms with Crippen molar-refractivity contribution in [1.82, 2.24) is 14.3 Å². The van der Waals surface area contributed by atoms with E-state index < -0.39 is 6.04 Å². The molecule has 8 heteroatoms. The van der Waals surface area contributed by atoms with Crippen molar-refractivity contribution in [3.05, 3.63) is 115 Å². The van der Waals surface area contributed by atoms with Crippen LogP contribution in [-0.4, -0.2) is 20.3 Å². The Labute approximate surface area is 200 Å². The van der Waals surface area contributed by atoms with Gasteiger partial charge in [0.1, 0.15) is 0 Å². The Kier molecular flexibility index (Phi) is 5.59. The number of hydrogen-bond acceptors (Lipinski definition) is 5. The molecule has 1 atom stereocenters. The molecule has 0 saturated heterocycles. The van der Waals surface area contributed by atoms with Crippen molar-refractivity contribution in [2.45, 2.75) is 19.9 Å². The van der Waals surface area contributed by atoms with Gasteiger partial charge in [-0.25, -0.2) is 4.99 Å². The highest BCUT2D eigenvalue weighted by molar-refractivity contribution is 7.07. The number of anilines is 1. The Balaban J connectivity index is 1.67. The summed E-state index contributed by atoms with van der Waals surface area (Å²) in [7, 11) is 1.83. The highest BCUT2D eigenvalue weighted by Crippen LogP contribution is 2.31. The highest BCUT2D eigenvalue weighted by Gasteiger charge is 2.32. The second-order valence-corrected chi connectivity index (χ2v) is 9.22. The van der Waals surface area contributed by atoms with Crippen LogP contribution < -0.4 is 20.2 Å². The predicted octanol–water partition coefficient (Wildman–Crippen LogP) is 2.92. The Morgan fingerprint density at radius 1 is 1.09 bits per heavy atom. The summed E-state index contributed by atoms with van der Waals surface area (Å²) in [5, 5.41) is 7.20. The van der Waals surface area contributed by atoms with Crippen LogP contribution in [0.15, 0.2) is 88.0 Å².